The third kappa shape index (κ3) is 6.23. The first-order chi connectivity index (χ1) is 9.42. The van der Waals surface area contributed by atoms with Crippen molar-refractivity contribution in [3.63, 3.8) is 0 Å². The number of carbonyl (C=O) groups excluding carboxylic acids is 1. The van der Waals surface area contributed by atoms with Crippen LogP contribution in [0.3, 0.4) is 0 Å². The summed E-state index contributed by atoms with van der Waals surface area (Å²) in [6.07, 6.45) is 1.21. The monoisotopic (exact) mass is 284 g/mol. The molecule has 1 N–H and O–H groups in total. The Labute approximate surface area is 124 Å². The number of ether oxygens (including phenoxy) is 1. The van der Waals surface area contributed by atoms with Crippen molar-refractivity contribution < 1.29 is 9.53 Å². The maximum absolute atomic E-state index is 11.7. The molecule has 0 radical (unpaired) electrons. The number of likely N-dealkylation sites (tertiary alicyclic amines) is 1. The molecule has 0 aromatic heterocycles. The molecule has 0 amide bonds. The van der Waals surface area contributed by atoms with E-state index in [1.807, 2.05) is 6.92 Å². The van der Waals surface area contributed by atoms with Gasteiger partial charge in [0.05, 0.1) is 13.2 Å². The number of rotatable bonds is 7. The van der Waals surface area contributed by atoms with E-state index in [0.29, 0.717) is 36.9 Å². The minimum Gasteiger partial charge on any atom is -0.465 e. The SMILES string of the molecule is CCOC(=O)CN1CC(NCC(C)C)CC(C(C)C)C1. The second-order valence-electron chi connectivity index (χ2n) is 6.74. The normalized spacial score (nSPS) is 24.4. The third-order valence-corrected chi connectivity index (χ3v) is 3.97. The van der Waals surface area contributed by atoms with E-state index in [0.717, 1.165) is 19.6 Å². The highest BCUT2D eigenvalue weighted by Crippen LogP contribution is 2.24. The average molecular weight is 284 g/mol. The molecule has 4 heteroatoms. The summed E-state index contributed by atoms with van der Waals surface area (Å²) in [5.41, 5.74) is 0. The minimum atomic E-state index is -0.0977. The molecule has 0 aliphatic carbocycles. The predicted octanol–water partition coefficient (Wildman–Crippen LogP) is 2.14. The van der Waals surface area contributed by atoms with Gasteiger partial charge < -0.3 is 10.1 Å². The van der Waals surface area contributed by atoms with E-state index in [2.05, 4.69) is 37.9 Å². The summed E-state index contributed by atoms with van der Waals surface area (Å²) >= 11 is 0. The first kappa shape index (κ1) is 17.4. The third-order valence-electron chi connectivity index (χ3n) is 3.97. The van der Waals surface area contributed by atoms with Crippen LogP contribution in [0.2, 0.25) is 0 Å². The Hall–Kier alpha value is -0.610. The van der Waals surface area contributed by atoms with Gasteiger partial charge in [-0.2, -0.15) is 0 Å². The summed E-state index contributed by atoms with van der Waals surface area (Å²) in [6, 6.07) is 0.493. The van der Waals surface area contributed by atoms with E-state index in [-0.39, 0.29) is 5.97 Å². The Bertz CT molecular complexity index is 292. The summed E-state index contributed by atoms with van der Waals surface area (Å²) in [5, 5.41) is 3.65. The average Bonchev–Trinajstić information content (AvgIpc) is 2.36. The first-order valence-corrected chi connectivity index (χ1v) is 8.03. The van der Waals surface area contributed by atoms with E-state index in [4.69, 9.17) is 4.74 Å². The fraction of sp³-hybridized carbons (Fsp3) is 0.938. The maximum atomic E-state index is 11.7. The van der Waals surface area contributed by atoms with Crippen molar-refractivity contribution in [1.29, 1.82) is 0 Å². The standard InChI is InChI=1S/C16H32N2O2/c1-6-20-16(19)11-18-9-14(13(4)5)7-15(10-18)17-8-12(2)3/h12-15,17H,6-11H2,1-5H3. The van der Waals surface area contributed by atoms with Crippen molar-refractivity contribution in [2.24, 2.45) is 17.8 Å². The Balaban J connectivity index is 2.53. The smallest absolute Gasteiger partial charge is 0.320 e. The van der Waals surface area contributed by atoms with Crippen molar-refractivity contribution >= 4 is 5.97 Å². The van der Waals surface area contributed by atoms with Crippen LogP contribution in [0.1, 0.15) is 41.0 Å². The quantitative estimate of drug-likeness (QED) is 0.727. The van der Waals surface area contributed by atoms with Crippen LogP contribution < -0.4 is 5.32 Å². The first-order valence-electron chi connectivity index (χ1n) is 8.03. The van der Waals surface area contributed by atoms with Crippen LogP contribution in [0.25, 0.3) is 0 Å². The van der Waals surface area contributed by atoms with Gasteiger partial charge in [0.15, 0.2) is 0 Å². The number of hydrogen-bond acceptors (Lipinski definition) is 4. The second kappa shape index (κ2) is 8.63. The molecular formula is C16H32N2O2. The molecule has 1 fully saturated rings. The van der Waals surface area contributed by atoms with Gasteiger partial charge in [0, 0.05) is 19.1 Å². The molecule has 118 valence electrons. The van der Waals surface area contributed by atoms with Gasteiger partial charge in [0.2, 0.25) is 0 Å². The fourth-order valence-electron chi connectivity index (χ4n) is 2.78. The maximum Gasteiger partial charge on any atom is 0.320 e. The fourth-order valence-corrected chi connectivity index (χ4v) is 2.78. The molecule has 0 aromatic carbocycles. The molecule has 0 bridgehead atoms. The zero-order valence-electron chi connectivity index (χ0n) is 13.8. The van der Waals surface area contributed by atoms with E-state index in [9.17, 15) is 4.79 Å². The zero-order chi connectivity index (χ0) is 15.1. The summed E-state index contributed by atoms with van der Waals surface area (Å²) in [5.74, 6) is 1.87. The van der Waals surface area contributed by atoms with E-state index < -0.39 is 0 Å². The molecule has 1 saturated heterocycles. The number of piperidine rings is 1. The molecule has 2 atom stereocenters. The Morgan fingerprint density at radius 3 is 2.55 bits per heavy atom. The Morgan fingerprint density at radius 1 is 1.30 bits per heavy atom. The van der Waals surface area contributed by atoms with Crippen molar-refractivity contribution in [2.45, 2.75) is 47.1 Å². The summed E-state index contributed by atoms with van der Waals surface area (Å²) < 4.78 is 5.07. The van der Waals surface area contributed by atoms with Gasteiger partial charge in [-0.15, -0.1) is 0 Å². The predicted molar refractivity (Wildman–Crippen MR) is 82.6 cm³/mol. The van der Waals surface area contributed by atoms with E-state index >= 15 is 0 Å². The lowest BCUT2D eigenvalue weighted by molar-refractivity contribution is -0.145. The number of esters is 1. The van der Waals surface area contributed by atoms with Gasteiger partial charge in [0.1, 0.15) is 0 Å². The van der Waals surface area contributed by atoms with Crippen LogP contribution in [-0.2, 0) is 9.53 Å². The van der Waals surface area contributed by atoms with Crippen molar-refractivity contribution in [1.82, 2.24) is 10.2 Å². The lowest BCUT2D eigenvalue weighted by Gasteiger charge is -2.39. The molecule has 4 nitrogen and oxygen atoms in total. The van der Waals surface area contributed by atoms with Gasteiger partial charge in [-0.1, -0.05) is 27.7 Å². The molecule has 0 aromatic rings. The number of nitrogens with one attached hydrogen (secondary N) is 1. The van der Waals surface area contributed by atoms with E-state index in [1.54, 1.807) is 0 Å². The van der Waals surface area contributed by atoms with Crippen LogP contribution in [-0.4, -0.2) is 49.7 Å². The Morgan fingerprint density at radius 2 is 2.00 bits per heavy atom. The highest BCUT2D eigenvalue weighted by atomic mass is 16.5. The molecule has 20 heavy (non-hydrogen) atoms. The van der Waals surface area contributed by atoms with Crippen LogP contribution >= 0.6 is 0 Å². The highest BCUT2D eigenvalue weighted by Gasteiger charge is 2.29. The molecule has 0 spiro atoms. The summed E-state index contributed by atoms with van der Waals surface area (Å²) in [6.45, 7) is 14.8. The summed E-state index contributed by atoms with van der Waals surface area (Å²) in [4.78, 5) is 13.9. The number of nitrogens with zero attached hydrogens (tertiary/aromatic N) is 1. The molecule has 1 aliphatic rings. The minimum absolute atomic E-state index is 0.0977. The van der Waals surface area contributed by atoms with Crippen molar-refractivity contribution in [3.05, 3.63) is 0 Å². The molecule has 1 aliphatic heterocycles. The van der Waals surface area contributed by atoms with Crippen LogP contribution in [0, 0.1) is 17.8 Å². The number of hydrogen-bond donors (Lipinski definition) is 1. The van der Waals surface area contributed by atoms with E-state index in [1.165, 1.54) is 6.42 Å². The largest absolute Gasteiger partial charge is 0.465 e. The van der Waals surface area contributed by atoms with Gasteiger partial charge in [-0.3, -0.25) is 9.69 Å². The Kier molecular flexibility index (Phi) is 7.52. The molecule has 0 saturated carbocycles. The van der Waals surface area contributed by atoms with Crippen LogP contribution in [0.4, 0.5) is 0 Å². The second-order valence-corrected chi connectivity index (χ2v) is 6.74. The zero-order valence-corrected chi connectivity index (χ0v) is 13.8. The lowest BCUT2D eigenvalue weighted by Crippen LogP contribution is -2.52. The van der Waals surface area contributed by atoms with Gasteiger partial charge >= 0.3 is 5.97 Å². The van der Waals surface area contributed by atoms with Gasteiger partial charge in [0.25, 0.3) is 0 Å². The van der Waals surface area contributed by atoms with Crippen LogP contribution in [0.5, 0.6) is 0 Å². The van der Waals surface area contributed by atoms with Crippen molar-refractivity contribution in [3.8, 4) is 0 Å². The van der Waals surface area contributed by atoms with Gasteiger partial charge in [-0.25, -0.2) is 0 Å². The molecule has 2 unspecified atom stereocenters. The molecule has 1 heterocycles. The highest BCUT2D eigenvalue weighted by molar-refractivity contribution is 5.71. The molecule has 1 rings (SSSR count). The topological polar surface area (TPSA) is 41.6 Å². The van der Waals surface area contributed by atoms with Crippen molar-refractivity contribution in [2.75, 3.05) is 32.8 Å². The number of carbonyl (C=O) groups is 1. The summed E-state index contributed by atoms with van der Waals surface area (Å²) in [7, 11) is 0. The lowest BCUT2D eigenvalue weighted by atomic mass is 9.85. The van der Waals surface area contributed by atoms with Crippen LogP contribution in [0.15, 0.2) is 0 Å². The van der Waals surface area contributed by atoms with Gasteiger partial charge in [-0.05, 0) is 37.6 Å². The molecular weight excluding hydrogens is 252 g/mol.